The largest absolute Gasteiger partial charge is 0.338 e. The van der Waals surface area contributed by atoms with Crippen molar-refractivity contribution in [2.45, 2.75) is 27.3 Å². The van der Waals surface area contributed by atoms with Crippen LogP contribution in [0.1, 0.15) is 18.3 Å². The molecule has 0 radical (unpaired) electrons. The van der Waals surface area contributed by atoms with Gasteiger partial charge in [0.15, 0.2) is 0 Å². The number of para-hydroxylation sites is 1. The molecule has 162 valence electrons. The quantitative estimate of drug-likeness (QED) is 0.508. The Morgan fingerprint density at radius 1 is 0.906 bits per heavy atom. The summed E-state index contributed by atoms with van der Waals surface area (Å²) < 4.78 is 3.19. The van der Waals surface area contributed by atoms with E-state index in [0.717, 1.165) is 11.1 Å². The minimum atomic E-state index is -0.222. The van der Waals surface area contributed by atoms with Crippen LogP contribution in [0.2, 0.25) is 0 Å². The maximum Gasteiger partial charge on any atom is 0.281 e. The summed E-state index contributed by atoms with van der Waals surface area (Å²) in [6, 6.07) is 16.1. The number of nitrogens with zero attached hydrogens (tertiary/aromatic N) is 3. The third-order valence-electron chi connectivity index (χ3n) is 5.33. The summed E-state index contributed by atoms with van der Waals surface area (Å²) in [4.78, 5) is 37.0. The number of rotatable bonds is 5. The van der Waals surface area contributed by atoms with Crippen molar-refractivity contribution in [3.8, 4) is 5.69 Å². The number of carbonyl (C=O) groups excluding carboxylic acids is 2. The Morgan fingerprint density at radius 2 is 1.53 bits per heavy atom. The Labute approximate surface area is 184 Å². The van der Waals surface area contributed by atoms with Crippen molar-refractivity contribution in [3.63, 3.8) is 0 Å². The number of nitrogens with one attached hydrogen (secondary N) is 2. The smallest absolute Gasteiger partial charge is 0.281 e. The Hall–Kier alpha value is -4.20. The summed E-state index contributed by atoms with van der Waals surface area (Å²) in [6.45, 7) is 5.20. The Bertz CT molecular complexity index is 1370. The van der Waals surface area contributed by atoms with Crippen LogP contribution in [0.4, 0.5) is 11.4 Å². The van der Waals surface area contributed by atoms with Gasteiger partial charge in [0.2, 0.25) is 11.8 Å². The highest BCUT2D eigenvalue weighted by Gasteiger charge is 2.18. The number of anilines is 2. The van der Waals surface area contributed by atoms with Gasteiger partial charge in [-0.25, -0.2) is 0 Å². The molecule has 0 aliphatic rings. The van der Waals surface area contributed by atoms with Crippen molar-refractivity contribution >= 4 is 34.0 Å². The highest BCUT2D eigenvalue weighted by Crippen LogP contribution is 2.23. The van der Waals surface area contributed by atoms with E-state index in [1.165, 1.54) is 11.6 Å². The van der Waals surface area contributed by atoms with E-state index >= 15 is 0 Å². The second-order valence-electron chi connectivity index (χ2n) is 7.55. The third kappa shape index (κ3) is 4.02. The average molecular weight is 429 g/mol. The van der Waals surface area contributed by atoms with Crippen molar-refractivity contribution in [2.24, 2.45) is 0 Å². The fourth-order valence-electron chi connectivity index (χ4n) is 3.78. The van der Waals surface area contributed by atoms with E-state index in [1.807, 2.05) is 48.7 Å². The molecule has 0 aliphatic heterocycles. The van der Waals surface area contributed by atoms with Gasteiger partial charge in [-0.3, -0.25) is 14.4 Å². The first-order valence-corrected chi connectivity index (χ1v) is 10.2. The van der Waals surface area contributed by atoms with Crippen LogP contribution in [0.5, 0.6) is 0 Å². The second-order valence-corrected chi connectivity index (χ2v) is 7.55. The topological polar surface area (TPSA) is 98.0 Å². The third-order valence-corrected chi connectivity index (χ3v) is 5.33. The molecule has 0 fully saturated rings. The van der Waals surface area contributed by atoms with Gasteiger partial charge in [0.05, 0.1) is 17.3 Å². The predicted molar refractivity (Wildman–Crippen MR) is 124 cm³/mol. The summed E-state index contributed by atoms with van der Waals surface area (Å²) in [5.41, 5.74) is 3.25. The number of hydrogen-bond donors (Lipinski definition) is 2. The van der Waals surface area contributed by atoms with E-state index in [-0.39, 0.29) is 23.9 Å². The van der Waals surface area contributed by atoms with Gasteiger partial charge in [-0.05, 0) is 50.2 Å². The van der Waals surface area contributed by atoms with Crippen LogP contribution in [0, 0.1) is 13.8 Å². The zero-order chi connectivity index (χ0) is 22.8. The first kappa shape index (κ1) is 21.0. The lowest BCUT2D eigenvalue weighted by molar-refractivity contribution is -0.117. The van der Waals surface area contributed by atoms with Crippen LogP contribution in [0.25, 0.3) is 16.5 Å². The maximum atomic E-state index is 13.2. The fraction of sp³-hybridized carbons (Fsp3) is 0.167. The van der Waals surface area contributed by atoms with Crippen LogP contribution in [-0.2, 0) is 16.1 Å². The van der Waals surface area contributed by atoms with Crippen molar-refractivity contribution in [1.29, 1.82) is 0 Å². The maximum absolute atomic E-state index is 13.2. The average Bonchev–Trinajstić information content (AvgIpc) is 3.01. The van der Waals surface area contributed by atoms with E-state index < -0.39 is 0 Å². The Kier molecular flexibility index (Phi) is 5.59. The summed E-state index contributed by atoms with van der Waals surface area (Å²) in [5.74, 6) is -0.381. The molecule has 2 aromatic heterocycles. The fourth-order valence-corrected chi connectivity index (χ4v) is 3.78. The molecule has 4 aromatic rings. The molecule has 0 bridgehead atoms. The molecular weight excluding hydrogens is 406 g/mol. The molecule has 32 heavy (non-hydrogen) atoms. The van der Waals surface area contributed by atoms with Gasteiger partial charge in [0.1, 0.15) is 6.54 Å². The van der Waals surface area contributed by atoms with Crippen LogP contribution >= 0.6 is 0 Å². The lowest BCUT2D eigenvalue weighted by Crippen LogP contribution is -2.22. The lowest BCUT2D eigenvalue weighted by atomic mass is 10.2. The van der Waals surface area contributed by atoms with Crippen molar-refractivity contribution in [2.75, 3.05) is 10.6 Å². The van der Waals surface area contributed by atoms with Crippen LogP contribution < -0.4 is 16.2 Å². The van der Waals surface area contributed by atoms with Crippen LogP contribution in [0.15, 0.2) is 65.6 Å². The van der Waals surface area contributed by atoms with E-state index in [0.29, 0.717) is 28.1 Å². The predicted octanol–water partition coefficient (Wildman–Crippen LogP) is 3.40. The molecule has 0 aliphatic carbocycles. The van der Waals surface area contributed by atoms with E-state index in [1.54, 1.807) is 30.5 Å². The number of carbonyl (C=O) groups is 2. The van der Waals surface area contributed by atoms with Crippen LogP contribution in [0.3, 0.4) is 0 Å². The highest BCUT2D eigenvalue weighted by molar-refractivity contribution is 5.93. The number of benzene rings is 2. The number of fused-ring (bicyclic) bond motifs is 1. The Balaban J connectivity index is 1.60. The molecule has 2 aromatic carbocycles. The monoisotopic (exact) mass is 429 g/mol. The van der Waals surface area contributed by atoms with Crippen molar-refractivity contribution in [3.05, 3.63) is 82.5 Å². The number of aryl methyl sites for hydroxylation is 2. The molecule has 0 saturated heterocycles. The number of amides is 2. The summed E-state index contributed by atoms with van der Waals surface area (Å²) in [5, 5.41) is 11.1. The zero-order valence-corrected chi connectivity index (χ0v) is 18.0. The molecule has 2 amide bonds. The lowest BCUT2D eigenvalue weighted by Gasteiger charge is -2.10. The molecule has 0 unspecified atom stereocenters. The number of hydrogen-bond acceptors (Lipinski definition) is 4. The Morgan fingerprint density at radius 3 is 2.16 bits per heavy atom. The van der Waals surface area contributed by atoms with Crippen molar-refractivity contribution < 1.29 is 9.59 Å². The molecular formula is C24H23N5O3. The van der Waals surface area contributed by atoms with Crippen LogP contribution in [-0.4, -0.2) is 26.2 Å². The first-order valence-electron chi connectivity index (χ1n) is 10.2. The van der Waals surface area contributed by atoms with Gasteiger partial charge in [0.25, 0.3) is 5.56 Å². The molecule has 4 rings (SSSR count). The minimum absolute atomic E-state index is 0.0601. The SMILES string of the molecule is CC(=O)Nc1ccc(NC(=O)Cn2c(C)c3cnn(-c4ccccc4)c(=O)c3c2C)cc1. The van der Waals surface area contributed by atoms with Crippen molar-refractivity contribution in [1.82, 2.24) is 14.3 Å². The molecule has 8 heteroatoms. The minimum Gasteiger partial charge on any atom is -0.338 e. The normalized spacial score (nSPS) is 10.8. The van der Waals surface area contributed by atoms with Gasteiger partial charge >= 0.3 is 0 Å². The molecule has 0 spiro atoms. The molecule has 8 nitrogen and oxygen atoms in total. The van der Waals surface area contributed by atoms with Gasteiger partial charge in [-0.15, -0.1) is 0 Å². The van der Waals surface area contributed by atoms with Gasteiger partial charge in [-0.2, -0.15) is 9.78 Å². The van der Waals surface area contributed by atoms with E-state index in [4.69, 9.17) is 0 Å². The highest BCUT2D eigenvalue weighted by atomic mass is 16.2. The van der Waals surface area contributed by atoms with Gasteiger partial charge < -0.3 is 15.2 Å². The first-order chi connectivity index (χ1) is 15.3. The molecule has 2 N–H and O–H groups in total. The second kappa shape index (κ2) is 8.50. The zero-order valence-electron chi connectivity index (χ0n) is 18.0. The van der Waals surface area contributed by atoms with E-state index in [9.17, 15) is 14.4 Å². The standard InChI is InChI=1S/C24H23N5O3/c1-15-21-13-25-29(20-7-5-4-6-8-20)24(32)23(21)16(2)28(15)14-22(31)27-19-11-9-18(10-12-19)26-17(3)30/h4-13H,14H2,1-3H3,(H,26,30)(H,27,31). The van der Waals surface area contributed by atoms with Gasteiger partial charge in [-0.1, -0.05) is 18.2 Å². The number of aromatic nitrogens is 3. The van der Waals surface area contributed by atoms with E-state index in [2.05, 4.69) is 15.7 Å². The summed E-state index contributed by atoms with van der Waals surface area (Å²) in [7, 11) is 0. The molecule has 0 atom stereocenters. The molecule has 0 saturated carbocycles. The van der Waals surface area contributed by atoms with Gasteiger partial charge in [0, 0.05) is 35.1 Å². The summed E-state index contributed by atoms with van der Waals surface area (Å²) in [6.07, 6.45) is 1.67. The summed E-state index contributed by atoms with van der Waals surface area (Å²) >= 11 is 0. The molecule has 2 heterocycles.